The van der Waals surface area contributed by atoms with Crippen LogP contribution in [-0.4, -0.2) is 35.9 Å². The van der Waals surface area contributed by atoms with Crippen molar-refractivity contribution in [2.75, 3.05) is 13.2 Å². The van der Waals surface area contributed by atoms with Gasteiger partial charge in [-0.2, -0.15) is 0 Å². The highest BCUT2D eigenvalue weighted by Gasteiger charge is 2.28. The maximum Gasteiger partial charge on any atom is 0.261 e. The Bertz CT molecular complexity index is 837. The van der Waals surface area contributed by atoms with Gasteiger partial charge in [-0.25, -0.2) is 4.39 Å². The van der Waals surface area contributed by atoms with Crippen molar-refractivity contribution >= 4 is 11.8 Å². The molecular weight excluding hydrogens is 383 g/mol. The third-order valence-corrected chi connectivity index (χ3v) is 4.90. The number of rotatable bonds is 10. The van der Waals surface area contributed by atoms with Gasteiger partial charge >= 0.3 is 0 Å². The summed E-state index contributed by atoms with van der Waals surface area (Å²) in [6, 6.07) is 12.9. The molecule has 1 atom stereocenters. The average molecular weight is 415 g/mol. The van der Waals surface area contributed by atoms with Crippen LogP contribution in [0.4, 0.5) is 4.39 Å². The van der Waals surface area contributed by atoms with E-state index in [1.54, 1.807) is 12.1 Å². The normalized spacial score (nSPS) is 11.8. The minimum atomic E-state index is -0.633. The standard InChI is InChI=1S/C24H31FN2O3/c1-5-21(24(29)26-6-2)27(15-18-11-13-19(25)14-12-18)23(28)16-30-22-10-8-7-9-20(22)17(3)4/h7-14,17,21H,5-6,15-16H2,1-4H3,(H,26,29). The van der Waals surface area contributed by atoms with E-state index in [0.29, 0.717) is 18.7 Å². The second-order valence-electron chi connectivity index (χ2n) is 7.45. The summed E-state index contributed by atoms with van der Waals surface area (Å²) < 4.78 is 19.1. The summed E-state index contributed by atoms with van der Waals surface area (Å²) in [4.78, 5) is 27.2. The fraction of sp³-hybridized carbons (Fsp3) is 0.417. The zero-order valence-electron chi connectivity index (χ0n) is 18.2. The van der Waals surface area contributed by atoms with E-state index in [1.807, 2.05) is 38.1 Å². The van der Waals surface area contributed by atoms with Crippen molar-refractivity contribution in [2.24, 2.45) is 0 Å². The van der Waals surface area contributed by atoms with Crippen LogP contribution in [-0.2, 0) is 16.1 Å². The van der Waals surface area contributed by atoms with Crippen molar-refractivity contribution < 1.29 is 18.7 Å². The van der Waals surface area contributed by atoms with E-state index < -0.39 is 6.04 Å². The van der Waals surface area contributed by atoms with Crippen LogP contribution in [0.25, 0.3) is 0 Å². The first kappa shape index (κ1) is 23.4. The lowest BCUT2D eigenvalue weighted by Crippen LogP contribution is -2.50. The summed E-state index contributed by atoms with van der Waals surface area (Å²) in [5.74, 6) is 0.0639. The highest BCUT2D eigenvalue weighted by molar-refractivity contribution is 5.88. The summed E-state index contributed by atoms with van der Waals surface area (Å²) in [6.45, 7) is 8.32. The molecule has 0 aliphatic carbocycles. The molecule has 162 valence electrons. The number of carbonyl (C=O) groups is 2. The van der Waals surface area contributed by atoms with Gasteiger partial charge < -0.3 is 15.0 Å². The van der Waals surface area contributed by atoms with E-state index in [0.717, 1.165) is 11.1 Å². The molecule has 0 aliphatic heterocycles. The Labute approximate surface area is 178 Å². The van der Waals surface area contributed by atoms with Crippen molar-refractivity contribution in [1.29, 1.82) is 0 Å². The minimum absolute atomic E-state index is 0.180. The maximum absolute atomic E-state index is 13.3. The molecule has 0 bridgehead atoms. The first-order valence-electron chi connectivity index (χ1n) is 10.4. The Morgan fingerprint density at radius 1 is 1.07 bits per heavy atom. The zero-order chi connectivity index (χ0) is 22.1. The van der Waals surface area contributed by atoms with E-state index in [1.165, 1.54) is 17.0 Å². The molecule has 0 radical (unpaired) electrons. The highest BCUT2D eigenvalue weighted by Crippen LogP contribution is 2.26. The number of amides is 2. The van der Waals surface area contributed by atoms with E-state index in [2.05, 4.69) is 19.2 Å². The molecule has 0 heterocycles. The second kappa shape index (κ2) is 11.3. The van der Waals surface area contributed by atoms with Gasteiger partial charge in [0.05, 0.1) is 0 Å². The molecule has 5 nitrogen and oxygen atoms in total. The number of carbonyl (C=O) groups excluding carboxylic acids is 2. The third kappa shape index (κ3) is 6.31. The summed E-state index contributed by atoms with van der Waals surface area (Å²) in [7, 11) is 0. The molecule has 0 saturated carbocycles. The van der Waals surface area contributed by atoms with Crippen LogP contribution in [0.3, 0.4) is 0 Å². The van der Waals surface area contributed by atoms with Gasteiger partial charge in [0.2, 0.25) is 5.91 Å². The topological polar surface area (TPSA) is 58.6 Å². The maximum atomic E-state index is 13.3. The number of halogens is 1. The van der Waals surface area contributed by atoms with Crippen molar-refractivity contribution in [1.82, 2.24) is 10.2 Å². The van der Waals surface area contributed by atoms with Crippen LogP contribution in [0.5, 0.6) is 5.75 Å². The van der Waals surface area contributed by atoms with Gasteiger partial charge in [-0.05, 0) is 48.6 Å². The molecule has 0 aliphatic rings. The van der Waals surface area contributed by atoms with Crippen LogP contribution < -0.4 is 10.1 Å². The van der Waals surface area contributed by atoms with Crippen molar-refractivity contribution in [2.45, 2.75) is 52.6 Å². The van der Waals surface area contributed by atoms with Gasteiger partial charge in [-0.1, -0.05) is 51.1 Å². The predicted octanol–water partition coefficient (Wildman–Crippen LogP) is 4.27. The quantitative estimate of drug-likeness (QED) is 0.632. The largest absolute Gasteiger partial charge is 0.483 e. The minimum Gasteiger partial charge on any atom is -0.483 e. The molecule has 1 N–H and O–H groups in total. The van der Waals surface area contributed by atoms with Crippen LogP contribution in [0.1, 0.15) is 51.2 Å². The second-order valence-corrected chi connectivity index (χ2v) is 7.45. The monoisotopic (exact) mass is 414 g/mol. The van der Waals surface area contributed by atoms with E-state index in [-0.39, 0.29) is 36.7 Å². The highest BCUT2D eigenvalue weighted by atomic mass is 19.1. The molecule has 2 aromatic rings. The van der Waals surface area contributed by atoms with Gasteiger partial charge in [0, 0.05) is 13.1 Å². The Hall–Kier alpha value is -2.89. The van der Waals surface area contributed by atoms with Crippen LogP contribution in [0, 0.1) is 5.82 Å². The van der Waals surface area contributed by atoms with Crippen molar-refractivity contribution in [3.05, 3.63) is 65.5 Å². The lowest BCUT2D eigenvalue weighted by Gasteiger charge is -2.30. The number of nitrogens with one attached hydrogen (secondary N) is 1. The molecule has 0 aromatic heterocycles. The number of para-hydroxylation sites is 1. The zero-order valence-corrected chi connectivity index (χ0v) is 18.2. The van der Waals surface area contributed by atoms with Gasteiger partial charge in [0.1, 0.15) is 17.6 Å². The number of hydrogen-bond acceptors (Lipinski definition) is 3. The summed E-state index contributed by atoms with van der Waals surface area (Å²) in [5, 5.41) is 2.79. The molecule has 2 rings (SSSR count). The SMILES string of the molecule is CCNC(=O)C(CC)N(Cc1ccc(F)cc1)C(=O)COc1ccccc1C(C)C. The Morgan fingerprint density at radius 3 is 2.33 bits per heavy atom. The Balaban J connectivity index is 2.22. The van der Waals surface area contributed by atoms with Crippen LogP contribution in [0.2, 0.25) is 0 Å². The molecule has 2 amide bonds. The van der Waals surface area contributed by atoms with Crippen molar-refractivity contribution in [3.63, 3.8) is 0 Å². The average Bonchev–Trinajstić information content (AvgIpc) is 2.73. The van der Waals surface area contributed by atoms with Gasteiger partial charge in [0.25, 0.3) is 5.91 Å². The lowest BCUT2D eigenvalue weighted by atomic mass is 10.0. The van der Waals surface area contributed by atoms with Crippen molar-refractivity contribution in [3.8, 4) is 5.75 Å². The summed E-state index contributed by atoms with van der Waals surface area (Å²) in [6.07, 6.45) is 0.460. The molecular formula is C24H31FN2O3. The van der Waals surface area contributed by atoms with Crippen LogP contribution in [0.15, 0.2) is 48.5 Å². The lowest BCUT2D eigenvalue weighted by molar-refractivity contribution is -0.142. The Morgan fingerprint density at radius 2 is 1.73 bits per heavy atom. The predicted molar refractivity (Wildman–Crippen MR) is 116 cm³/mol. The Kier molecular flexibility index (Phi) is 8.84. The molecule has 6 heteroatoms. The van der Waals surface area contributed by atoms with Gasteiger partial charge in [0.15, 0.2) is 6.61 Å². The van der Waals surface area contributed by atoms with Gasteiger partial charge in [-0.15, -0.1) is 0 Å². The number of ether oxygens (including phenoxy) is 1. The number of benzene rings is 2. The molecule has 1 unspecified atom stereocenters. The number of hydrogen-bond donors (Lipinski definition) is 1. The number of likely N-dealkylation sites (N-methyl/N-ethyl adjacent to an activating group) is 1. The van der Waals surface area contributed by atoms with E-state index >= 15 is 0 Å². The molecule has 2 aromatic carbocycles. The third-order valence-electron chi connectivity index (χ3n) is 4.90. The fourth-order valence-corrected chi connectivity index (χ4v) is 3.31. The number of nitrogens with zero attached hydrogens (tertiary/aromatic N) is 1. The van der Waals surface area contributed by atoms with Crippen LogP contribution >= 0.6 is 0 Å². The smallest absolute Gasteiger partial charge is 0.261 e. The molecule has 0 fully saturated rings. The molecule has 0 spiro atoms. The van der Waals surface area contributed by atoms with E-state index in [4.69, 9.17) is 4.74 Å². The summed E-state index contributed by atoms with van der Waals surface area (Å²) in [5.41, 5.74) is 1.77. The fourth-order valence-electron chi connectivity index (χ4n) is 3.31. The molecule has 0 saturated heterocycles. The van der Waals surface area contributed by atoms with E-state index in [9.17, 15) is 14.0 Å². The first-order chi connectivity index (χ1) is 14.4. The van der Waals surface area contributed by atoms with Gasteiger partial charge in [-0.3, -0.25) is 9.59 Å². The molecule has 30 heavy (non-hydrogen) atoms. The first-order valence-corrected chi connectivity index (χ1v) is 10.4. The summed E-state index contributed by atoms with van der Waals surface area (Å²) >= 11 is 0.